The molecule has 0 fully saturated rings. The molecule has 0 aliphatic heterocycles. The van der Waals surface area contributed by atoms with Gasteiger partial charge in [0.05, 0.1) is 13.0 Å². The van der Waals surface area contributed by atoms with Gasteiger partial charge in [0.15, 0.2) is 0 Å². The van der Waals surface area contributed by atoms with Crippen LogP contribution < -0.4 is 0 Å². The lowest BCUT2D eigenvalue weighted by Crippen LogP contribution is -2.42. The SMILES string of the molecule is CCC(C(=O)O)N(C)C(=O)CCOCC(F)F. The average molecular weight is 253 g/mol. The summed E-state index contributed by atoms with van der Waals surface area (Å²) in [5.41, 5.74) is 0. The van der Waals surface area contributed by atoms with E-state index in [1.165, 1.54) is 7.05 Å². The molecule has 0 aromatic heterocycles. The number of carbonyl (C=O) groups excluding carboxylic acids is 1. The predicted octanol–water partition coefficient (Wildman–Crippen LogP) is 0.980. The van der Waals surface area contributed by atoms with Crippen LogP contribution in [-0.2, 0) is 14.3 Å². The maximum Gasteiger partial charge on any atom is 0.326 e. The zero-order valence-electron chi connectivity index (χ0n) is 9.86. The standard InChI is InChI=1S/C10H17F2NO4/c1-3-7(10(15)16)13(2)9(14)4-5-17-6-8(11)12/h7-8H,3-6H2,1-2H3,(H,15,16). The molecule has 0 saturated carbocycles. The Bertz CT molecular complexity index is 261. The van der Waals surface area contributed by atoms with Crippen molar-refractivity contribution in [2.24, 2.45) is 0 Å². The summed E-state index contributed by atoms with van der Waals surface area (Å²) < 4.78 is 28.0. The number of carboxylic acid groups (broad SMARTS) is 1. The first-order chi connectivity index (χ1) is 7.90. The molecule has 0 spiro atoms. The zero-order valence-corrected chi connectivity index (χ0v) is 9.86. The van der Waals surface area contributed by atoms with Crippen molar-refractivity contribution in [3.8, 4) is 0 Å². The molecule has 0 radical (unpaired) electrons. The minimum absolute atomic E-state index is 0.104. The molecule has 0 saturated heterocycles. The van der Waals surface area contributed by atoms with Gasteiger partial charge >= 0.3 is 5.97 Å². The summed E-state index contributed by atoms with van der Waals surface area (Å²) >= 11 is 0. The first kappa shape index (κ1) is 15.8. The van der Waals surface area contributed by atoms with Crippen molar-refractivity contribution in [1.82, 2.24) is 4.90 Å². The van der Waals surface area contributed by atoms with E-state index in [0.717, 1.165) is 4.90 Å². The quantitative estimate of drug-likeness (QED) is 0.655. The molecule has 1 amide bonds. The fourth-order valence-electron chi connectivity index (χ4n) is 1.30. The van der Waals surface area contributed by atoms with Crippen molar-refractivity contribution in [3.05, 3.63) is 0 Å². The van der Waals surface area contributed by atoms with Crippen LogP contribution in [-0.4, -0.2) is 54.6 Å². The maximum atomic E-state index is 11.7. The highest BCUT2D eigenvalue weighted by atomic mass is 19.3. The summed E-state index contributed by atoms with van der Waals surface area (Å²) in [5.74, 6) is -1.52. The first-order valence-corrected chi connectivity index (χ1v) is 5.24. The van der Waals surface area contributed by atoms with Gasteiger partial charge in [0.25, 0.3) is 6.43 Å². The minimum Gasteiger partial charge on any atom is -0.480 e. The van der Waals surface area contributed by atoms with Crippen molar-refractivity contribution >= 4 is 11.9 Å². The third-order valence-corrected chi connectivity index (χ3v) is 2.24. The third-order valence-electron chi connectivity index (χ3n) is 2.24. The zero-order chi connectivity index (χ0) is 13.4. The molecule has 0 heterocycles. The molecule has 5 nitrogen and oxygen atoms in total. The number of nitrogens with zero attached hydrogens (tertiary/aromatic N) is 1. The number of ether oxygens (including phenoxy) is 1. The molecular formula is C10H17F2NO4. The number of halogens is 2. The van der Waals surface area contributed by atoms with E-state index in [2.05, 4.69) is 4.74 Å². The molecule has 0 rings (SSSR count). The first-order valence-electron chi connectivity index (χ1n) is 5.24. The molecule has 0 bridgehead atoms. The molecule has 0 aliphatic carbocycles. The van der Waals surface area contributed by atoms with Gasteiger partial charge in [-0.05, 0) is 6.42 Å². The summed E-state index contributed by atoms with van der Waals surface area (Å²) in [5, 5.41) is 8.81. The average Bonchev–Trinajstić information content (AvgIpc) is 2.24. The number of hydrogen-bond donors (Lipinski definition) is 1. The highest BCUT2D eigenvalue weighted by molar-refractivity contribution is 5.83. The number of likely N-dealkylation sites (N-methyl/N-ethyl adjacent to an activating group) is 1. The summed E-state index contributed by atoms with van der Waals surface area (Å²) in [7, 11) is 1.37. The number of rotatable bonds is 8. The smallest absolute Gasteiger partial charge is 0.326 e. The predicted molar refractivity (Wildman–Crippen MR) is 55.9 cm³/mol. The number of amides is 1. The largest absolute Gasteiger partial charge is 0.480 e. The molecule has 100 valence electrons. The highest BCUT2D eigenvalue weighted by Crippen LogP contribution is 2.04. The van der Waals surface area contributed by atoms with Gasteiger partial charge in [0, 0.05) is 7.05 Å². The second kappa shape index (κ2) is 7.94. The Balaban J connectivity index is 4.00. The summed E-state index contributed by atoms with van der Waals surface area (Å²) in [6.45, 7) is 0.798. The Hall–Kier alpha value is -1.24. The van der Waals surface area contributed by atoms with Crippen LogP contribution >= 0.6 is 0 Å². The molecule has 1 unspecified atom stereocenters. The van der Waals surface area contributed by atoms with Crippen LogP contribution in [0.15, 0.2) is 0 Å². The lowest BCUT2D eigenvalue weighted by molar-refractivity contribution is -0.149. The fourth-order valence-corrected chi connectivity index (χ4v) is 1.30. The molecule has 0 aliphatic rings. The number of carboxylic acids is 1. The van der Waals surface area contributed by atoms with Gasteiger partial charge in [-0.3, -0.25) is 4.79 Å². The van der Waals surface area contributed by atoms with Crippen LogP contribution in [0, 0.1) is 0 Å². The van der Waals surface area contributed by atoms with E-state index in [-0.39, 0.29) is 19.4 Å². The van der Waals surface area contributed by atoms with E-state index >= 15 is 0 Å². The van der Waals surface area contributed by atoms with Crippen LogP contribution in [0.2, 0.25) is 0 Å². The second-order valence-corrected chi connectivity index (χ2v) is 3.48. The lowest BCUT2D eigenvalue weighted by atomic mass is 10.2. The summed E-state index contributed by atoms with van der Waals surface area (Å²) in [4.78, 5) is 23.4. The number of alkyl halides is 2. The van der Waals surface area contributed by atoms with E-state index < -0.39 is 31.0 Å². The molecule has 1 atom stereocenters. The molecule has 0 aromatic rings. The number of aliphatic carboxylic acids is 1. The van der Waals surface area contributed by atoms with Crippen LogP contribution in [0.5, 0.6) is 0 Å². The van der Waals surface area contributed by atoms with Crippen LogP contribution in [0.4, 0.5) is 8.78 Å². The van der Waals surface area contributed by atoms with Gasteiger partial charge in [0.2, 0.25) is 5.91 Å². The normalized spacial score (nSPS) is 12.5. The fraction of sp³-hybridized carbons (Fsp3) is 0.800. The number of carbonyl (C=O) groups is 2. The molecular weight excluding hydrogens is 236 g/mol. The van der Waals surface area contributed by atoms with E-state index in [0.29, 0.717) is 0 Å². The van der Waals surface area contributed by atoms with Crippen molar-refractivity contribution in [2.45, 2.75) is 32.2 Å². The van der Waals surface area contributed by atoms with Crippen molar-refractivity contribution in [2.75, 3.05) is 20.3 Å². The van der Waals surface area contributed by atoms with Crippen LogP contribution in [0.1, 0.15) is 19.8 Å². The van der Waals surface area contributed by atoms with E-state index in [1.807, 2.05) is 0 Å². The second-order valence-electron chi connectivity index (χ2n) is 3.48. The van der Waals surface area contributed by atoms with Crippen molar-refractivity contribution in [1.29, 1.82) is 0 Å². The Morgan fingerprint density at radius 2 is 2.00 bits per heavy atom. The van der Waals surface area contributed by atoms with Crippen molar-refractivity contribution < 1.29 is 28.2 Å². The Kier molecular flexibility index (Phi) is 7.36. The van der Waals surface area contributed by atoms with E-state index in [4.69, 9.17) is 5.11 Å². The van der Waals surface area contributed by atoms with Gasteiger partial charge in [-0.2, -0.15) is 0 Å². The molecule has 1 N–H and O–H groups in total. The van der Waals surface area contributed by atoms with Gasteiger partial charge in [-0.15, -0.1) is 0 Å². The van der Waals surface area contributed by atoms with Crippen molar-refractivity contribution in [3.63, 3.8) is 0 Å². The van der Waals surface area contributed by atoms with E-state index in [1.54, 1.807) is 6.92 Å². The summed E-state index contributed by atoms with van der Waals surface area (Å²) in [6.07, 6.45) is -2.38. The maximum absolute atomic E-state index is 11.7. The van der Waals surface area contributed by atoms with Gasteiger partial charge in [-0.1, -0.05) is 6.92 Å². The lowest BCUT2D eigenvalue weighted by Gasteiger charge is -2.23. The molecule has 17 heavy (non-hydrogen) atoms. The topological polar surface area (TPSA) is 66.8 Å². The highest BCUT2D eigenvalue weighted by Gasteiger charge is 2.24. The third kappa shape index (κ3) is 6.15. The molecule has 7 heteroatoms. The molecule has 0 aromatic carbocycles. The summed E-state index contributed by atoms with van der Waals surface area (Å²) in [6, 6.07) is -0.891. The number of hydrogen-bond acceptors (Lipinski definition) is 3. The van der Waals surface area contributed by atoms with Gasteiger partial charge in [-0.25, -0.2) is 13.6 Å². The Labute approximate surface area is 98.3 Å². The Morgan fingerprint density at radius 3 is 2.41 bits per heavy atom. The van der Waals surface area contributed by atoms with Gasteiger partial charge in [0.1, 0.15) is 12.6 Å². The van der Waals surface area contributed by atoms with Crippen LogP contribution in [0.25, 0.3) is 0 Å². The monoisotopic (exact) mass is 253 g/mol. The van der Waals surface area contributed by atoms with Gasteiger partial charge < -0.3 is 14.7 Å². The van der Waals surface area contributed by atoms with Crippen LogP contribution in [0.3, 0.4) is 0 Å². The van der Waals surface area contributed by atoms with E-state index in [9.17, 15) is 18.4 Å². The Morgan fingerprint density at radius 1 is 1.41 bits per heavy atom. The minimum atomic E-state index is -2.56.